The molecule has 4 aromatic carbocycles. The number of benzene rings is 4. The number of allylic oxidation sites excluding steroid dienone is 1. The van der Waals surface area contributed by atoms with E-state index >= 15 is 0 Å². The van der Waals surface area contributed by atoms with Gasteiger partial charge in [-0.15, -0.1) is 0 Å². The molecule has 0 aliphatic rings. The molecule has 0 spiro atoms. The number of aryl methyl sites for hydroxylation is 3. The van der Waals surface area contributed by atoms with E-state index < -0.39 is 0 Å². The number of hydrogen-bond acceptors (Lipinski definition) is 5. The van der Waals surface area contributed by atoms with Gasteiger partial charge in [0.05, 0.1) is 0 Å². The normalized spacial score (nSPS) is 9.56. The monoisotopic (exact) mass is 486 g/mol. The van der Waals surface area contributed by atoms with Crippen LogP contribution in [-0.2, 0) is 0 Å². The third kappa shape index (κ3) is 12.1. The molecule has 0 saturated heterocycles. The number of carbonyl (C=O) groups excluding carboxylic acids is 1. The summed E-state index contributed by atoms with van der Waals surface area (Å²) in [5, 5.41) is 35.6. The average Bonchev–Trinajstić information content (AvgIpc) is 2.87. The highest BCUT2D eigenvalue weighted by molar-refractivity contribution is 5.75. The summed E-state index contributed by atoms with van der Waals surface area (Å²) < 4.78 is 0. The molecule has 5 heteroatoms. The lowest BCUT2D eigenvalue weighted by Gasteiger charge is -1.96. The summed E-state index contributed by atoms with van der Waals surface area (Å²) in [6.45, 7) is 7.57. The maximum Gasteiger partial charge on any atom is 0.150 e. The van der Waals surface area contributed by atoms with E-state index in [1.54, 1.807) is 49.4 Å². The van der Waals surface area contributed by atoms with E-state index in [1.165, 1.54) is 11.6 Å². The maximum atomic E-state index is 10.2. The molecular formula is C31H34O5. The van der Waals surface area contributed by atoms with Crippen LogP contribution in [0.4, 0.5) is 0 Å². The van der Waals surface area contributed by atoms with Crippen molar-refractivity contribution in [3.05, 3.63) is 125 Å². The minimum Gasteiger partial charge on any atom is -0.508 e. The van der Waals surface area contributed by atoms with E-state index in [9.17, 15) is 4.79 Å². The third-order valence-electron chi connectivity index (χ3n) is 4.76. The average molecular weight is 487 g/mol. The Labute approximate surface area is 213 Å². The Bertz CT molecular complexity index is 1170. The van der Waals surface area contributed by atoms with Gasteiger partial charge in [-0.2, -0.15) is 0 Å². The van der Waals surface area contributed by atoms with E-state index in [4.69, 9.17) is 20.4 Å². The lowest BCUT2D eigenvalue weighted by molar-refractivity contribution is 0.112. The van der Waals surface area contributed by atoms with Gasteiger partial charge in [0.25, 0.3) is 0 Å². The molecule has 0 radical (unpaired) electrons. The molecule has 4 rings (SSSR count). The molecule has 36 heavy (non-hydrogen) atoms. The van der Waals surface area contributed by atoms with Gasteiger partial charge in [0.1, 0.15) is 29.3 Å². The Morgan fingerprint density at radius 3 is 1.50 bits per heavy atom. The highest BCUT2D eigenvalue weighted by Gasteiger charge is 1.95. The first-order valence-electron chi connectivity index (χ1n) is 11.3. The summed E-state index contributed by atoms with van der Waals surface area (Å²) >= 11 is 0. The van der Waals surface area contributed by atoms with Crippen molar-refractivity contribution in [2.75, 3.05) is 0 Å². The molecule has 0 unspecified atom stereocenters. The topological polar surface area (TPSA) is 98.0 Å². The molecule has 0 aliphatic carbocycles. The number of para-hydroxylation sites is 1. The van der Waals surface area contributed by atoms with Gasteiger partial charge < -0.3 is 20.4 Å². The highest BCUT2D eigenvalue weighted by atomic mass is 16.3. The fraction of sp³-hybridized carbons (Fsp3) is 0.129. The molecule has 4 aromatic rings. The van der Waals surface area contributed by atoms with Crippen LogP contribution in [0, 0.1) is 20.8 Å². The summed E-state index contributed by atoms with van der Waals surface area (Å²) in [5.74, 6) is 1.24. The van der Waals surface area contributed by atoms with Crippen LogP contribution in [-0.4, -0.2) is 26.7 Å². The number of phenolic OH excluding ortho intramolecular Hbond substituents is 4. The molecule has 0 heterocycles. The van der Waals surface area contributed by atoms with Crippen LogP contribution in [0.3, 0.4) is 0 Å². The summed E-state index contributed by atoms with van der Waals surface area (Å²) in [4.78, 5) is 10.2. The SMILES string of the molecule is C/C=C/c1ccc(O)cc1.Cc1cc(C=O)ccc1O.Cc1ccc(O)cc1.Cc1ccccc1O. The summed E-state index contributed by atoms with van der Waals surface area (Å²) in [7, 11) is 0. The summed E-state index contributed by atoms with van der Waals surface area (Å²) in [5.41, 5.74) is 4.52. The van der Waals surface area contributed by atoms with Gasteiger partial charge in [-0.25, -0.2) is 0 Å². The van der Waals surface area contributed by atoms with Crippen molar-refractivity contribution in [2.45, 2.75) is 27.7 Å². The zero-order valence-electron chi connectivity index (χ0n) is 21.1. The van der Waals surface area contributed by atoms with Gasteiger partial charge in [0.2, 0.25) is 0 Å². The fourth-order valence-corrected chi connectivity index (χ4v) is 2.64. The van der Waals surface area contributed by atoms with Crippen LogP contribution in [0.25, 0.3) is 6.08 Å². The first-order valence-corrected chi connectivity index (χ1v) is 11.3. The molecule has 0 aliphatic heterocycles. The Morgan fingerprint density at radius 2 is 1.08 bits per heavy atom. The predicted molar refractivity (Wildman–Crippen MR) is 147 cm³/mol. The van der Waals surface area contributed by atoms with Crippen molar-refractivity contribution in [1.29, 1.82) is 0 Å². The summed E-state index contributed by atoms with van der Waals surface area (Å²) in [6, 6.07) is 26.2. The number of aromatic hydroxyl groups is 4. The van der Waals surface area contributed by atoms with Crippen LogP contribution in [0.15, 0.2) is 97.1 Å². The first-order chi connectivity index (χ1) is 17.2. The maximum absolute atomic E-state index is 10.2. The quantitative estimate of drug-likeness (QED) is 0.222. The minimum atomic E-state index is 0.227. The lowest BCUT2D eigenvalue weighted by atomic mass is 10.1. The van der Waals surface area contributed by atoms with Gasteiger partial charge in [-0.3, -0.25) is 4.79 Å². The molecule has 4 N–H and O–H groups in total. The van der Waals surface area contributed by atoms with Crippen molar-refractivity contribution in [1.82, 2.24) is 0 Å². The number of phenols is 4. The van der Waals surface area contributed by atoms with Crippen molar-refractivity contribution < 1.29 is 25.2 Å². The molecule has 0 aromatic heterocycles. The molecule has 0 fully saturated rings. The van der Waals surface area contributed by atoms with Crippen molar-refractivity contribution in [3.8, 4) is 23.0 Å². The van der Waals surface area contributed by atoms with Crippen LogP contribution < -0.4 is 0 Å². The Kier molecular flexibility index (Phi) is 13.3. The number of hydrogen-bond donors (Lipinski definition) is 4. The number of rotatable bonds is 2. The Morgan fingerprint density at radius 1 is 0.583 bits per heavy atom. The van der Waals surface area contributed by atoms with E-state index in [-0.39, 0.29) is 5.75 Å². The van der Waals surface area contributed by atoms with Crippen LogP contribution in [0.1, 0.15) is 39.5 Å². The fourth-order valence-electron chi connectivity index (χ4n) is 2.64. The van der Waals surface area contributed by atoms with E-state index in [0.717, 1.165) is 23.0 Å². The van der Waals surface area contributed by atoms with Crippen LogP contribution in [0.2, 0.25) is 0 Å². The van der Waals surface area contributed by atoms with Crippen molar-refractivity contribution >= 4 is 12.4 Å². The molecule has 0 atom stereocenters. The number of aldehydes is 1. The van der Waals surface area contributed by atoms with Crippen molar-refractivity contribution in [2.24, 2.45) is 0 Å². The lowest BCUT2D eigenvalue weighted by Crippen LogP contribution is -1.80. The van der Waals surface area contributed by atoms with Gasteiger partial charge in [0, 0.05) is 5.56 Å². The molecular weight excluding hydrogens is 452 g/mol. The first kappa shape index (κ1) is 29.5. The largest absolute Gasteiger partial charge is 0.508 e. The zero-order valence-corrected chi connectivity index (χ0v) is 21.1. The number of carbonyl (C=O) groups is 1. The van der Waals surface area contributed by atoms with Gasteiger partial charge in [-0.05, 0) is 92.9 Å². The van der Waals surface area contributed by atoms with Crippen molar-refractivity contribution in [3.63, 3.8) is 0 Å². The van der Waals surface area contributed by atoms with Crippen LogP contribution in [0.5, 0.6) is 23.0 Å². The smallest absolute Gasteiger partial charge is 0.150 e. The van der Waals surface area contributed by atoms with Gasteiger partial charge in [0.15, 0.2) is 0 Å². The molecule has 0 bridgehead atoms. The standard InChI is InChI=1S/C9H10O.C8H8O2.2C7H8O/c1-2-3-8-4-6-9(10)7-5-8;1-6-4-7(5-9)2-3-8(6)10;1-6-2-4-7(8)5-3-6;1-6-4-2-3-5-7(6)8/h2-7,10H,1H3;2-5,10H,1H3;2*2-5,8H,1H3/b3-2+;;;. The van der Waals surface area contributed by atoms with E-state index in [0.29, 0.717) is 22.8 Å². The second-order valence-corrected chi connectivity index (χ2v) is 7.88. The van der Waals surface area contributed by atoms with Crippen LogP contribution >= 0.6 is 0 Å². The Balaban J connectivity index is 0.000000241. The van der Waals surface area contributed by atoms with E-state index in [2.05, 4.69) is 0 Å². The third-order valence-corrected chi connectivity index (χ3v) is 4.76. The second-order valence-electron chi connectivity index (χ2n) is 7.88. The molecule has 0 amide bonds. The molecule has 5 nitrogen and oxygen atoms in total. The molecule has 188 valence electrons. The second kappa shape index (κ2) is 16.2. The summed E-state index contributed by atoms with van der Waals surface area (Å²) in [6.07, 6.45) is 4.71. The zero-order chi connectivity index (χ0) is 26.9. The van der Waals surface area contributed by atoms with Gasteiger partial charge >= 0.3 is 0 Å². The predicted octanol–water partition coefficient (Wildman–Crippen LogP) is 7.34. The van der Waals surface area contributed by atoms with E-state index in [1.807, 2.05) is 75.4 Å². The highest BCUT2D eigenvalue weighted by Crippen LogP contribution is 2.15. The molecule has 0 saturated carbocycles. The Hall–Kier alpha value is -4.51. The minimum absolute atomic E-state index is 0.227. The van der Waals surface area contributed by atoms with Gasteiger partial charge in [-0.1, -0.05) is 60.2 Å².